The minimum Gasteiger partial charge on any atom is -0.339 e. The van der Waals surface area contributed by atoms with Crippen molar-refractivity contribution in [3.05, 3.63) is 53.6 Å². The lowest BCUT2D eigenvalue weighted by molar-refractivity contribution is 0.0724. The maximum atomic E-state index is 12.6. The van der Waals surface area contributed by atoms with Crippen LogP contribution in [-0.4, -0.2) is 39.8 Å². The minimum atomic E-state index is -0.293. The number of anilines is 1. The molecule has 2 amide bonds. The predicted molar refractivity (Wildman–Crippen MR) is 105 cm³/mol. The first-order valence-corrected chi connectivity index (χ1v) is 9.38. The van der Waals surface area contributed by atoms with E-state index in [9.17, 15) is 9.59 Å². The maximum absolute atomic E-state index is 12.6. The van der Waals surface area contributed by atoms with Gasteiger partial charge in [0.25, 0.3) is 11.8 Å². The Bertz CT molecular complexity index is 819. The van der Waals surface area contributed by atoms with E-state index in [1.54, 1.807) is 24.3 Å². The number of likely N-dealkylation sites (tertiary alicyclic amines) is 1. The Morgan fingerprint density at radius 1 is 1.00 bits per heavy atom. The van der Waals surface area contributed by atoms with Crippen LogP contribution in [0, 0.1) is 0 Å². The number of benzene rings is 1. The molecule has 27 heavy (non-hydrogen) atoms. The number of aromatic nitrogens is 2. The zero-order valence-electron chi connectivity index (χ0n) is 16.2. The smallest absolute Gasteiger partial charge is 0.258 e. The van der Waals surface area contributed by atoms with Crippen molar-refractivity contribution in [2.24, 2.45) is 0 Å². The molecule has 0 atom stereocenters. The molecular formula is C21H26N4O2. The van der Waals surface area contributed by atoms with Gasteiger partial charge in [0.15, 0.2) is 0 Å². The lowest BCUT2D eigenvalue weighted by Gasteiger charge is -2.26. The third kappa shape index (κ3) is 4.70. The average molecular weight is 366 g/mol. The Kier molecular flexibility index (Phi) is 5.54. The van der Waals surface area contributed by atoms with Gasteiger partial charge in [-0.3, -0.25) is 9.59 Å². The summed E-state index contributed by atoms with van der Waals surface area (Å²) in [5.41, 5.74) is 1.39. The molecule has 1 aromatic heterocycles. The molecule has 0 bridgehead atoms. The molecule has 0 saturated carbocycles. The number of nitrogens with zero attached hydrogens (tertiary/aromatic N) is 3. The molecule has 1 aromatic carbocycles. The molecule has 3 rings (SSSR count). The van der Waals surface area contributed by atoms with Crippen LogP contribution >= 0.6 is 0 Å². The topological polar surface area (TPSA) is 75.2 Å². The van der Waals surface area contributed by atoms with Gasteiger partial charge >= 0.3 is 0 Å². The second kappa shape index (κ2) is 7.86. The number of hydrogen-bond donors (Lipinski definition) is 1. The Labute approximate surface area is 160 Å². The monoisotopic (exact) mass is 366 g/mol. The molecular weight excluding hydrogens is 340 g/mol. The van der Waals surface area contributed by atoms with Gasteiger partial charge in [-0.1, -0.05) is 26.8 Å². The Morgan fingerprint density at radius 2 is 1.67 bits per heavy atom. The van der Waals surface area contributed by atoms with Crippen molar-refractivity contribution in [2.45, 2.75) is 45.4 Å². The number of carbonyl (C=O) groups excluding carboxylic acids is 2. The first kappa shape index (κ1) is 19.0. The largest absolute Gasteiger partial charge is 0.339 e. The summed E-state index contributed by atoms with van der Waals surface area (Å²) in [5, 5.41) is 2.82. The van der Waals surface area contributed by atoms with Crippen LogP contribution in [0.3, 0.4) is 0 Å². The standard InChI is InChI=1S/C21H26N4O2/c1-21(2,3)20-22-13-16(14-23-20)18(26)24-17-9-7-8-15(12-17)19(27)25-10-5-4-6-11-25/h7-9,12-14H,4-6,10-11H2,1-3H3,(H,24,26). The lowest BCUT2D eigenvalue weighted by atomic mass is 9.96. The third-order valence-electron chi connectivity index (χ3n) is 4.60. The van der Waals surface area contributed by atoms with E-state index in [0.29, 0.717) is 22.6 Å². The summed E-state index contributed by atoms with van der Waals surface area (Å²) < 4.78 is 0. The van der Waals surface area contributed by atoms with Gasteiger partial charge in [0.1, 0.15) is 5.82 Å². The van der Waals surface area contributed by atoms with Crippen molar-refractivity contribution in [1.29, 1.82) is 0 Å². The number of amides is 2. The molecule has 1 aliphatic rings. The van der Waals surface area contributed by atoms with Gasteiger partial charge in [-0.2, -0.15) is 0 Å². The van der Waals surface area contributed by atoms with Gasteiger partial charge in [0, 0.05) is 42.1 Å². The van der Waals surface area contributed by atoms with E-state index >= 15 is 0 Å². The molecule has 1 saturated heterocycles. The van der Waals surface area contributed by atoms with E-state index in [2.05, 4.69) is 15.3 Å². The van der Waals surface area contributed by atoms with Crippen molar-refractivity contribution in [3.63, 3.8) is 0 Å². The second-order valence-electron chi connectivity index (χ2n) is 7.93. The van der Waals surface area contributed by atoms with Crippen LogP contribution in [0.15, 0.2) is 36.7 Å². The summed E-state index contributed by atoms with van der Waals surface area (Å²) in [6.45, 7) is 7.66. The van der Waals surface area contributed by atoms with Crippen LogP contribution in [0.2, 0.25) is 0 Å². The van der Waals surface area contributed by atoms with Crippen molar-refractivity contribution in [1.82, 2.24) is 14.9 Å². The highest BCUT2D eigenvalue weighted by atomic mass is 16.2. The molecule has 0 spiro atoms. The van der Waals surface area contributed by atoms with Crippen LogP contribution in [0.4, 0.5) is 5.69 Å². The second-order valence-corrected chi connectivity index (χ2v) is 7.93. The summed E-state index contributed by atoms with van der Waals surface area (Å²) in [5.74, 6) is 0.412. The summed E-state index contributed by atoms with van der Waals surface area (Å²) >= 11 is 0. The molecule has 1 fully saturated rings. The first-order valence-electron chi connectivity index (χ1n) is 9.38. The van der Waals surface area contributed by atoms with E-state index in [1.807, 2.05) is 25.7 Å². The molecule has 0 radical (unpaired) electrons. The molecule has 2 heterocycles. The number of carbonyl (C=O) groups is 2. The van der Waals surface area contributed by atoms with Gasteiger partial charge in [0.2, 0.25) is 0 Å². The van der Waals surface area contributed by atoms with Gasteiger partial charge in [0.05, 0.1) is 5.56 Å². The van der Waals surface area contributed by atoms with E-state index in [4.69, 9.17) is 0 Å². The summed E-state index contributed by atoms with van der Waals surface area (Å²) in [6, 6.07) is 7.06. The van der Waals surface area contributed by atoms with Crippen LogP contribution in [0.5, 0.6) is 0 Å². The van der Waals surface area contributed by atoms with Crippen molar-refractivity contribution in [2.75, 3.05) is 18.4 Å². The zero-order valence-corrected chi connectivity index (χ0v) is 16.2. The van der Waals surface area contributed by atoms with Crippen LogP contribution < -0.4 is 5.32 Å². The highest BCUT2D eigenvalue weighted by Gasteiger charge is 2.20. The summed E-state index contributed by atoms with van der Waals surface area (Å²) in [6.07, 6.45) is 6.34. The number of piperidine rings is 1. The normalized spacial score (nSPS) is 14.7. The summed E-state index contributed by atoms with van der Waals surface area (Å²) in [4.78, 5) is 35.6. The molecule has 142 valence electrons. The predicted octanol–water partition coefficient (Wildman–Crippen LogP) is 3.65. The fourth-order valence-corrected chi connectivity index (χ4v) is 3.05. The van der Waals surface area contributed by atoms with Gasteiger partial charge < -0.3 is 10.2 Å². The number of rotatable bonds is 3. The fourth-order valence-electron chi connectivity index (χ4n) is 3.05. The van der Waals surface area contributed by atoms with Gasteiger partial charge in [-0.05, 0) is 37.5 Å². The lowest BCUT2D eigenvalue weighted by Crippen LogP contribution is -2.35. The van der Waals surface area contributed by atoms with Crippen LogP contribution in [0.1, 0.15) is 66.6 Å². The van der Waals surface area contributed by atoms with Gasteiger partial charge in [-0.15, -0.1) is 0 Å². The van der Waals surface area contributed by atoms with Crippen LogP contribution in [0.25, 0.3) is 0 Å². The SMILES string of the molecule is CC(C)(C)c1ncc(C(=O)Nc2cccc(C(=O)N3CCCCC3)c2)cn1. The molecule has 6 heteroatoms. The van der Waals surface area contributed by atoms with E-state index in [0.717, 1.165) is 25.9 Å². The molecule has 1 N–H and O–H groups in total. The quantitative estimate of drug-likeness (QED) is 0.900. The molecule has 0 unspecified atom stereocenters. The molecule has 6 nitrogen and oxygen atoms in total. The minimum absolute atomic E-state index is 0.0173. The number of hydrogen-bond acceptors (Lipinski definition) is 4. The van der Waals surface area contributed by atoms with Gasteiger partial charge in [-0.25, -0.2) is 9.97 Å². The number of nitrogens with one attached hydrogen (secondary N) is 1. The molecule has 2 aromatic rings. The zero-order chi connectivity index (χ0) is 19.4. The van der Waals surface area contributed by atoms with Crippen molar-refractivity contribution < 1.29 is 9.59 Å². The summed E-state index contributed by atoms with van der Waals surface area (Å²) in [7, 11) is 0. The third-order valence-corrected chi connectivity index (χ3v) is 4.60. The average Bonchev–Trinajstić information content (AvgIpc) is 2.67. The van der Waals surface area contributed by atoms with E-state index in [-0.39, 0.29) is 17.2 Å². The molecule has 1 aliphatic heterocycles. The van der Waals surface area contributed by atoms with Crippen LogP contribution in [-0.2, 0) is 5.41 Å². The molecule has 0 aliphatic carbocycles. The Balaban J connectivity index is 1.70. The highest BCUT2D eigenvalue weighted by molar-refractivity contribution is 6.04. The Morgan fingerprint density at radius 3 is 2.30 bits per heavy atom. The fraction of sp³-hybridized carbons (Fsp3) is 0.429. The Hall–Kier alpha value is -2.76. The maximum Gasteiger partial charge on any atom is 0.258 e. The first-order chi connectivity index (χ1) is 12.8. The van der Waals surface area contributed by atoms with E-state index in [1.165, 1.54) is 18.8 Å². The van der Waals surface area contributed by atoms with E-state index < -0.39 is 0 Å². The van der Waals surface area contributed by atoms with Crippen molar-refractivity contribution >= 4 is 17.5 Å². The highest BCUT2D eigenvalue weighted by Crippen LogP contribution is 2.19. The van der Waals surface area contributed by atoms with Crippen molar-refractivity contribution in [3.8, 4) is 0 Å².